The molecule has 1 atom stereocenters. The molecule has 32 heavy (non-hydrogen) atoms. The van der Waals surface area contributed by atoms with Crippen LogP contribution in [0.5, 0.6) is 5.75 Å². The number of methoxy groups -OCH3 is 1. The van der Waals surface area contributed by atoms with Crippen LogP contribution in [-0.2, 0) is 6.54 Å². The van der Waals surface area contributed by atoms with Crippen LogP contribution in [0.4, 0.5) is 0 Å². The van der Waals surface area contributed by atoms with Gasteiger partial charge in [0.15, 0.2) is 5.43 Å². The van der Waals surface area contributed by atoms with Crippen molar-refractivity contribution in [3.63, 3.8) is 0 Å². The van der Waals surface area contributed by atoms with Crippen molar-refractivity contribution in [1.82, 2.24) is 4.90 Å². The number of amides is 1. The van der Waals surface area contributed by atoms with E-state index in [4.69, 9.17) is 20.8 Å². The van der Waals surface area contributed by atoms with Gasteiger partial charge in [0, 0.05) is 16.0 Å². The predicted octanol–water partition coefficient (Wildman–Crippen LogP) is 5.96. The first kappa shape index (κ1) is 20.8. The average Bonchev–Trinajstić information content (AvgIpc) is 3.07. The lowest BCUT2D eigenvalue weighted by molar-refractivity contribution is 0.0714. The van der Waals surface area contributed by atoms with Gasteiger partial charge in [0.1, 0.15) is 11.3 Å². The molecule has 0 saturated heterocycles. The van der Waals surface area contributed by atoms with Crippen LogP contribution in [0.3, 0.4) is 0 Å². The molecule has 1 unspecified atom stereocenters. The van der Waals surface area contributed by atoms with Crippen LogP contribution in [0.25, 0.3) is 11.0 Å². The van der Waals surface area contributed by atoms with Crippen LogP contribution < -0.4 is 10.2 Å². The molecule has 3 aromatic carbocycles. The van der Waals surface area contributed by atoms with Gasteiger partial charge >= 0.3 is 0 Å². The average molecular weight is 511 g/mol. The van der Waals surface area contributed by atoms with Gasteiger partial charge in [-0.15, -0.1) is 0 Å². The number of halogens is 2. The molecule has 1 amide bonds. The van der Waals surface area contributed by atoms with Gasteiger partial charge < -0.3 is 14.1 Å². The molecule has 5 rings (SSSR count). The molecule has 0 radical (unpaired) electrons. The van der Waals surface area contributed by atoms with E-state index in [2.05, 4.69) is 15.9 Å². The number of hydrogen-bond donors (Lipinski definition) is 0. The highest BCUT2D eigenvalue weighted by atomic mass is 79.9. The summed E-state index contributed by atoms with van der Waals surface area (Å²) in [6.45, 7) is 0.305. The monoisotopic (exact) mass is 509 g/mol. The highest BCUT2D eigenvalue weighted by Gasteiger charge is 2.42. The summed E-state index contributed by atoms with van der Waals surface area (Å²) in [7, 11) is 1.60. The summed E-state index contributed by atoms with van der Waals surface area (Å²) in [5, 5.41) is 1.01. The molecule has 1 aromatic heterocycles. The van der Waals surface area contributed by atoms with Gasteiger partial charge in [-0.3, -0.25) is 9.59 Å². The second-order valence-corrected chi connectivity index (χ2v) is 8.90. The summed E-state index contributed by atoms with van der Waals surface area (Å²) < 4.78 is 12.0. The van der Waals surface area contributed by atoms with Gasteiger partial charge in [-0.2, -0.15) is 0 Å². The second-order valence-electron chi connectivity index (χ2n) is 7.55. The number of carbonyl (C=O) groups excluding carboxylic acids is 1. The van der Waals surface area contributed by atoms with Gasteiger partial charge in [0.2, 0.25) is 5.76 Å². The smallest absolute Gasteiger partial charge is 0.291 e. The zero-order valence-electron chi connectivity index (χ0n) is 17.0. The molecule has 2 heterocycles. The maximum Gasteiger partial charge on any atom is 0.291 e. The molecule has 0 N–H and O–H groups in total. The molecule has 5 nitrogen and oxygen atoms in total. The Morgan fingerprint density at radius 1 is 1.03 bits per heavy atom. The molecule has 0 spiro atoms. The molecule has 1 aliphatic rings. The standard InChI is InChI=1S/C25H17BrClNO4/c1-31-18-9-2-14(3-10-18)13-28-22(15-4-7-17(27)8-5-15)21-23(29)19-12-16(26)6-11-20(19)32-24(21)25(28)30/h2-12,22H,13H2,1H3. The fourth-order valence-electron chi connectivity index (χ4n) is 4.07. The molecule has 4 aromatic rings. The van der Waals surface area contributed by atoms with E-state index in [1.165, 1.54) is 0 Å². The minimum absolute atomic E-state index is 0.0817. The number of hydrogen-bond acceptors (Lipinski definition) is 4. The van der Waals surface area contributed by atoms with Crippen LogP contribution in [0, 0.1) is 0 Å². The van der Waals surface area contributed by atoms with E-state index in [0.29, 0.717) is 28.1 Å². The van der Waals surface area contributed by atoms with E-state index >= 15 is 0 Å². The van der Waals surface area contributed by atoms with Gasteiger partial charge in [-0.05, 0) is 53.6 Å². The largest absolute Gasteiger partial charge is 0.497 e. The number of ether oxygens (including phenoxy) is 1. The Morgan fingerprint density at radius 2 is 1.75 bits per heavy atom. The van der Waals surface area contributed by atoms with Crippen molar-refractivity contribution >= 4 is 44.4 Å². The second kappa shape index (κ2) is 8.11. The molecule has 160 valence electrons. The van der Waals surface area contributed by atoms with Gasteiger partial charge in [0.25, 0.3) is 5.91 Å². The molecule has 0 saturated carbocycles. The Kier molecular flexibility index (Phi) is 5.27. The van der Waals surface area contributed by atoms with Crippen LogP contribution in [0.2, 0.25) is 5.02 Å². The lowest BCUT2D eigenvalue weighted by atomic mass is 9.98. The molecule has 0 bridgehead atoms. The first-order valence-corrected chi connectivity index (χ1v) is 11.1. The lowest BCUT2D eigenvalue weighted by Gasteiger charge is -2.25. The normalized spacial score (nSPS) is 15.3. The van der Waals surface area contributed by atoms with Crippen LogP contribution in [-0.4, -0.2) is 17.9 Å². The number of benzene rings is 3. The molecule has 1 aliphatic heterocycles. The highest BCUT2D eigenvalue weighted by molar-refractivity contribution is 9.10. The van der Waals surface area contributed by atoms with Crippen molar-refractivity contribution in [2.24, 2.45) is 0 Å². The van der Waals surface area contributed by atoms with Crippen molar-refractivity contribution < 1.29 is 13.9 Å². The number of carbonyl (C=O) groups is 1. The van der Waals surface area contributed by atoms with Crippen molar-refractivity contribution in [3.05, 3.63) is 109 Å². The Morgan fingerprint density at radius 3 is 2.44 bits per heavy atom. The first-order valence-electron chi connectivity index (χ1n) is 9.92. The Bertz CT molecular complexity index is 1400. The summed E-state index contributed by atoms with van der Waals surface area (Å²) in [5.74, 6) is 0.490. The molecular weight excluding hydrogens is 494 g/mol. The summed E-state index contributed by atoms with van der Waals surface area (Å²) in [5.41, 5.74) is 2.21. The number of nitrogens with zero attached hydrogens (tertiary/aromatic N) is 1. The van der Waals surface area contributed by atoms with E-state index in [-0.39, 0.29) is 17.1 Å². The van der Waals surface area contributed by atoms with Crippen LogP contribution in [0.1, 0.15) is 33.3 Å². The van der Waals surface area contributed by atoms with E-state index in [1.807, 2.05) is 36.4 Å². The maximum absolute atomic E-state index is 13.5. The SMILES string of the molecule is COc1ccc(CN2C(=O)c3oc4ccc(Br)cc4c(=O)c3C2c2ccc(Cl)cc2)cc1. The van der Waals surface area contributed by atoms with Gasteiger partial charge in [0.05, 0.1) is 24.1 Å². The van der Waals surface area contributed by atoms with Gasteiger partial charge in [-0.25, -0.2) is 0 Å². The molecule has 7 heteroatoms. The summed E-state index contributed by atoms with van der Waals surface area (Å²) in [6, 6.07) is 19.3. The van der Waals surface area contributed by atoms with E-state index in [0.717, 1.165) is 21.3 Å². The Labute approximate surface area is 197 Å². The number of fused-ring (bicyclic) bond motifs is 2. The topological polar surface area (TPSA) is 59.8 Å². The molecule has 0 aliphatic carbocycles. The van der Waals surface area contributed by atoms with Crippen molar-refractivity contribution in [3.8, 4) is 5.75 Å². The third-order valence-electron chi connectivity index (χ3n) is 5.63. The van der Waals surface area contributed by atoms with Crippen molar-refractivity contribution in [1.29, 1.82) is 0 Å². The fraction of sp³-hybridized carbons (Fsp3) is 0.120. The summed E-state index contributed by atoms with van der Waals surface area (Å²) in [4.78, 5) is 28.7. The molecular formula is C25H17BrClNO4. The fourth-order valence-corrected chi connectivity index (χ4v) is 4.56. The van der Waals surface area contributed by atoms with E-state index in [9.17, 15) is 9.59 Å². The third kappa shape index (κ3) is 3.49. The maximum atomic E-state index is 13.5. The lowest BCUT2D eigenvalue weighted by Crippen LogP contribution is -2.29. The predicted molar refractivity (Wildman–Crippen MR) is 126 cm³/mol. The van der Waals surface area contributed by atoms with Crippen LogP contribution in [0.15, 0.2) is 80.4 Å². The zero-order valence-corrected chi connectivity index (χ0v) is 19.3. The minimum atomic E-state index is -0.587. The highest BCUT2D eigenvalue weighted by Crippen LogP contribution is 2.39. The zero-order chi connectivity index (χ0) is 22.4. The minimum Gasteiger partial charge on any atom is -0.497 e. The Hall–Kier alpha value is -3.09. The van der Waals surface area contributed by atoms with Crippen LogP contribution >= 0.6 is 27.5 Å². The number of rotatable bonds is 4. The summed E-state index contributed by atoms with van der Waals surface area (Å²) >= 11 is 9.50. The van der Waals surface area contributed by atoms with Crippen molar-refractivity contribution in [2.75, 3.05) is 7.11 Å². The van der Waals surface area contributed by atoms with Gasteiger partial charge in [-0.1, -0.05) is 51.8 Å². The third-order valence-corrected chi connectivity index (χ3v) is 6.37. The molecule has 0 fully saturated rings. The van der Waals surface area contributed by atoms with E-state index < -0.39 is 6.04 Å². The van der Waals surface area contributed by atoms with Crippen molar-refractivity contribution in [2.45, 2.75) is 12.6 Å². The Balaban J connectivity index is 1.68. The first-order chi connectivity index (χ1) is 15.5. The summed E-state index contributed by atoms with van der Waals surface area (Å²) in [6.07, 6.45) is 0. The van der Waals surface area contributed by atoms with E-state index in [1.54, 1.807) is 42.3 Å². The quantitative estimate of drug-likeness (QED) is 0.340.